The maximum Gasteiger partial charge on any atom is 0.324 e. The van der Waals surface area contributed by atoms with Crippen LogP contribution in [0.4, 0.5) is 29.7 Å². The highest BCUT2D eigenvalue weighted by Crippen LogP contribution is 2.28. The number of carbonyl (C=O) groups excluding carboxylic acids is 3. The van der Waals surface area contributed by atoms with Gasteiger partial charge in [0.15, 0.2) is 5.78 Å². The summed E-state index contributed by atoms with van der Waals surface area (Å²) >= 11 is 0. The van der Waals surface area contributed by atoms with Crippen molar-refractivity contribution in [2.75, 3.05) is 56.7 Å². The van der Waals surface area contributed by atoms with E-state index in [4.69, 9.17) is 19.6 Å². The van der Waals surface area contributed by atoms with Crippen molar-refractivity contribution in [2.24, 2.45) is 5.73 Å². The number of likely N-dealkylation sites (tertiary alicyclic amines) is 2. The van der Waals surface area contributed by atoms with Crippen LogP contribution in [-0.2, 0) is 13.1 Å². The van der Waals surface area contributed by atoms with Crippen LogP contribution in [0.25, 0.3) is 11.5 Å². The molecule has 2 saturated heterocycles. The second-order valence-electron chi connectivity index (χ2n) is 14.5. The van der Waals surface area contributed by atoms with E-state index in [0.29, 0.717) is 35.7 Å². The number of rotatable bonds is 12. The third kappa shape index (κ3) is 11.2. The molecule has 15 heteroatoms. The highest BCUT2D eigenvalue weighted by molar-refractivity contribution is 5.97. The third-order valence-electron chi connectivity index (χ3n) is 10.4. The van der Waals surface area contributed by atoms with Crippen LogP contribution in [0, 0.1) is 0 Å². The highest BCUT2D eigenvalue weighted by atomic mass is 19.3. The second kappa shape index (κ2) is 21.1. The SMILES string of the molecule is COc1cccc(N(Cc2ccc(-c3nnc(C(F)F)o3)cc2)C(=O)N2CCCCC2)c1.COc1cccc(N(Cc2ccc(C(=O)CN)cc2)C(=O)N2CCCCC2)c1. The smallest absolute Gasteiger partial charge is 0.324 e. The Balaban J connectivity index is 0.000000203. The molecule has 0 saturated carbocycles. The van der Waals surface area contributed by atoms with Crippen LogP contribution < -0.4 is 25.0 Å². The van der Waals surface area contributed by atoms with Crippen LogP contribution in [-0.4, -0.2) is 84.8 Å². The van der Waals surface area contributed by atoms with Crippen LogP contribution in [0.2, 0.25) is 0 Å². The lowest BCUT2D eigenvalue weighted by Crippen LogP contribution is -2.45. The molecule has 2 fully saturated rings. The van der Waals surface area contributed by atoms with Gasteiger partial charge in [-0.2, -0.15) is 8.78 Å². The number of benzene rings is 4. The second-order valence-corrected chi connectivity index (χ2v) is 14.5. The number of methoxy groups -OCH3 is 2. The lowest BCUT2D eigenvalue weighted by atomic mass is 10.1. The van der Waals surface area contributed by atoms with E-state index in [1.54, 1.807) is 48.3 Å². The van der Waals surface area contributed by atoms with Crippen LogP contribution in [0.15, 0.2) is 101 Å². The standard InChI is InChI=1S/C23H24F2N4O3.C22H27N3O3/c1-31-19-7-5-6-18(14-19)29(23(30)28-12-3-2-4-13-28)15-16-8-10-17(11-9-16)21-26-27-22(32-21)20(24)25;1-28-20-7-5-6-19(14-20)25(22(27)24-12-3-2-4-13-24)16-17-8-10-18(11-9-17)21(26)15-23/h5-11,14,20H,2-4,12-13,15H2,1H3;5-11,14H,2-4,12-13,15-16,23H2,1H3. The number of aromatic nitrogens is 2. The van der Waals surface area contributed by atoms with Gasteiger partial charge in [-0.3, -0.25) is 14.6 Å². The Morgan fingerprint density at radius 3 is 1.57 bits per heavy atom. The lowest BCUT2D eigenvalue weighted by molar-refractivity contribution is 0.100. The molecule has 0 radical (unpaired) electrons. The predicted octanol–water partition coefficient (Wildman–Crippen LogP) is 8.74. The Kier molecular flexibility index (Phi) is 15.2. The Morgan fingerprint density at radius 1 is 0.683 bits per heavy atom. The van der Waals surface area contributed by atoms with Crippen LogP contribution >= 0.6 is 0 Å². The van der Waals surface area contributed by atoms with Gasteiger partial charge in [-0.15, -0.1) is 10.2 Å². The number of hydrogen-bond donors (Lipinski definition) is 1. The van der Waals surface area contributed by atoms with Crippen molar-refractivity contribution in [1.29, 1.82) is 0 Å². The summed E-state index contributed by atoms with van der Waals surface area (Å²) < 4.78 is 41.1. The number of amides is 4. The largest absolute Gasteiger partial charge is 0.497 e. The molecule has 0 spiro atoms. The molecule has 60 heavy (non-hydrogen) atoms. The molecule has 316 valence electrons. The Morgan fingerprint density at radius 2 is 1.15 bits per heavy atom. The van der Waals surface area contributed by atoms with Crippen molar-refractivity contribution in [3.05, 3.63) is 120 Å². The van der Waals surface area contributed by atoms with Gasteiger partial charge in [-0.1, -0.05) is 48.5 Å². The molecule has 5 aromatic rings. The van der Waals surface area contributed by atoms with Crippen LogP contribution in [0.5, 0.6) is 11.5 Å². The van der Waals surface area contributed by atoms with Crippen molar-refractivity contribution in [3.63, 3.8) is 0 Å². The molecular weight excluding hydrogens is 773 g/mol. The van der Waals surface area contributed by atoms with Crippen molar-refractivity contribution in [2.45, 2.75) is 58.0 Å². The molecule has 0 unspecified atom stereocenters. The maximum absolute atomic E-state index is 13.4. The van der Waals surface area contributed by atoms with Gasteiger partial charge in [0, 0.05) is 60.8 Å². The molecule has 13 nitrogen and oxygen atoms in total. The van der Waals surface area contributed by atoms with E-state index < -0.39 is 12.3 Å². The predicted molar refractivity (Wildman–Crippen MR) is 225 cm³/mol. The van der Waals surface area contributed by atoms with E-state index in [1.807, 2.05) is 82.6 Å². The number of halogens is 2. The summed E-state index contributed by atoms with van der Waals surface area (Å²) in [5, 5.41) is 7.03. The number of urea groups is 2. The summed E-state index contributed by atoms with van der Waals surface area (Å²) in [5.41, 5.74) is 9.89. The van der Waals surface area contributed by atoms with E-state index in [9.17, 15) is 23.2 Å². The first-order chi connectivity index (χ1) is 29.2. The normalized spacial score (nSPS) is 13.9. The molecule has 2 aliphatic rings. The first-order valence-electron chi connectivity index (χ1n) is 20.1. The number of hydrogen-bond acceptors (Lipinski definition) is 9. The minimum atomic E-state index is -2.81. The van der Waals surface area contributed by atoms with Gasteiger partial charge in [0.05, 0.1) is 33.9 Å². The summed E-state index contributed by atoms with van der Waals surface area (Å²) in [6, 6.07) is 29.2. The Hall–Kier alpha value is -6.35. The number of Topliss-reactive ketones (excluding diaryl/α,β-unsaturated/α-hetero) is 1. The molecule has 4 aromatic carbocycles. The zero-order chi connectivity index (χ0) is 42.4. The number of anilines is 2. The number of nitrogens with zero attached hydrogens (tertiary/aromatic N) is 6. The third-order valence-corrected chi connectivity index (χ3v) is 10.4. The van der Waals surface area contributed by atoms with E-state index in [2.05, 4.69) is 10.2 Å². The molecule has 1 aromatic heterocycles. The number of alkyl halides is 2. The first kappa shape index (κ1) is 43.2. The number of nitrogens with two attached hydrogens (primary N) is 1. The van der Waals surface area contributed by atoms with Gasteiger partial charge in [0.1, 0.15) is 11.5 Å². The van der Waals surface area contributed by atoms with Crippen molar-refractivity contribution in [3.8, 4) is 23.0 Å². The average Bonchev–Trinajstić information content (AvgIpc) is 3.82. The fourth-order valence-electron chi connectivity index (χ4n) is 7.08. The zero-order valence-corrected chi connectivity index (χ0v) is 34.0. The molecule has 2 aliphatic heterocycles. The minimum Gasteiger partial charge on any atom is -0.497 e. The Labute approximate surface area is 348 Å². The summed E-state index contributed by atoms with van der Waals surface area (Å²) in [4.78, 5) is 45.7. The van der Waals surface area contributed by atoms with Crippen molar-refractivity contribution < 1.29 is 37.1 Å². The van der Waals surface area contributed by atoms with E-state index in [-0.39, 0.29) is 30.3 Å². The van der Waals surface area contributed by atoms with E-state index >= 15 is 0 Å². The number of ketones is 1. The molecular formula is C45H51F2N7O6. The average molecular weight is 824 g/mol. The summed E-state index contributed by atoms with van der Waals surface area (Å²) in [6.07, 6.45) is 3.55. The topological polar surface area (TPSA) is 148 Å². The molecule has 0 atom stereocenters. The van der Waals surface area contributed by atoms with Crippen molar-refractivity contribution in [1.82, 2.24) is 20.0 Å². The van der Waals surface area contributed by atoms with Crippen LogP contribution in [0.3, 0.4) is 0 Å². The molecule has 4 amide bonds. The minimum absolute atomic E-state index is 0.00457. The number of carbonyl (C=O) groups is 3. The van der Waals surface area contributed by atoms with Gasteiger partial charge < -0.3 is 29.4 Å². The lowest BCUT2D eigenvalue weighted by Gasteiger charge is -2.33. The quantitative estimate of drug-likeness (QED) is 0.122. The highest BCUT2D eigenvalue weighted by Gasteiger charge is 2.26. The monoisotopic (exact) mass is 823 g/mol. The maximum atomic E-state index is 13.4. The van der Waals surface area contributed by atoms with Crippen molar-refractivity contribution >= 4 is 29.2 Å². The van der Waals surface area contributed by atoms with E-state index in [0.717, 1.165) is 80.8 Å². The van der Waals surface area contributed by atoms with Gasteiger partial charge in [0.25, 0.3) is 5.89 Å². The molecule has 0 aliphatic carbocycles. The van der Waals surface area contributed by atoms with E-state index in [1.165, 1.54) is 6.42 Å². The molecule has 7 rings (SSSR count). The molecule has 0 bridgehead atoms. The van der Waals surface area contributed by atoms with Gasteiger partial charge in [0.2, 0.25) is 5.89 Å². The molecule has 2 N–H and O–H groups in total. The fraction of sp³-hybridized carbons (Fsp3) is 0.356. The number of piperidine rings is 2. The van der Waals surface area contributed by atoms with Gasteiger partial charge in [-0.25, -0.2) is 9.59 Å². The Bertz CT molecular complexity index is 2170. The summed E-state index contributed by atoms with van der Waals surface area (Å²) in [7, 11) is 3.20. The van der Waals surface area contributed by atoms with Crippen LogP contribution in [0.1, 0.15) is 72.3 Å². The fourth-order valence-corrected chi connectivity index (χ4v) is 7.08. The summed E-state index contributed by atoms with van der Waals surface area (Å²) in [5.74, 6) is 0.597. The first-order valence-corrected chi connectivity index (χ1v) is 20.1. The summed E-state index contributed by atoms with van der Waals surface area (Å²) in [6.45, 7) is 3.79. The number of ether oxygens (including phenoxy) is 2. The van der Waals surface area contributed by atoms with Gasteiger partial charge >= 0.3 is 18.5 Å². The zero-order valence-electron chi connectivity index (χ0n) is 34.0. The van der Waals surface area contributed by atoms with Gasteiger partial charge in [-0.05, 0) is 86.1 Å². The molecule has 3 heterocycles.